The van der Waals surface area contributed by atoms with Crippen LogP contribution in [0.1, 0.15) is 52.9 Å². The molecule has 0 spiro atoms. The van der Waals surface area contributed by atoms with Crippen LogP contribution >= 0.6 is 0 Å². The first kappa shape index (κ1) is 25.2. The van der Waals surface area contributed by atoms with Crippen molar-refractivity contribution in [3.05, 3.63) is 83.4 Å². The van der Waals surface area contributed by atoms with Gasteiger partial charge in [-0.15, -0.1) is 0 Å². The molecule has 0 aliphatic rings. The van der Waals surface area contributed by atoms with Crippen molar-refractivity contribution >= 4 is 29.3 Å². The Kier molecular flexibility index (Phi) is 7.98. The predicted octanol–water partition coefficient (Wildman–Crippen LogP) is 3.27. The molecule has 2 aromatic carbocycles. The number of nitrogen functional groups attached to an aromatic ring is 1. The Bertz CT molecular complexity index is 1190. The van der Waals surface area contributed by atoms with Gasteiger partial charge in [-0.2, -0.15) is 0 Å². The maximum absolute atomic E-state index is 12.5. The summed E-state index contributed by atoms with van der Waals surface area (Å²) >= 11 is 0. The van der Waals surface area contributed by atoms with Crippen LogP contribution in [0.25, 0.3) is 0 Å². The van der Waals surface area contributed by atoms with Gasteiger partial charge in [-0.05, 0) is 56.2 Å². The fraction of sp³-hybridized carbons (Fsp3) is 0.240. The maximum atomic E-state index is 12.5. The molecular formula is C25H28N6O4. The lowest BCUT2D eigenvalue weighted by Crippen LogP contribution is -2.27. The molecule has 10 nitrogen and oxygen atoms in total. The number of amides is 3. The Morgan fingerprint density at radius 2 is 1.31 bits per heavy atom. The molecule has 35 heavy (non-hydrogen) atoms. The van der Waals surface area contributed by atoms with Crippen LogP contribution in [0.3, 0.4) is 0 Å². The summed E-state index contributed by atoms with van der Waals surface area (Å²) in [6.07, 6.45) is 0.625. The number of hydrogen-bond acceptors (Lipinski definition) is 7. The molecule has 0 atom stereocenters. The molecule has 3 rings (SSSR count). The highest BCUT2D eigenvalue weighted by atomic mass is 16.6. The Labute approximate surface area is 203 Å². The van der Waals surface area contributed by atoms with Crippen LogP contribution in [-0.2, 0) is 17.8 Å². The summed E-state index contributed by atoms with van der Waals surface area (Å²) in [4.78, 5) is 44.7. The summed E-state index contributed by atoms with van der Waals surface area (Å²) in [5, 5.41) is 8.15. The molecule has 10 heteroatoms. The zero-order valence-electron chi connectivity index (χ0n) is 19.8. The molecule has 0 unspecified atom stereocenters. The average Bonchev–Trinajstić information content (AvgIpc) is 2.81. The number of nitrogens with one attached hydrogen (secondary N) is 3. The van der Waals surface area contributed by atoms with Gasteiger partial charge in [-0.25, -0.2) is 14.8 Å². The van der Waals surface area contributed by atoms with Gasteiger partial charge in [0.05, 0.1) is 0 Å². The third kappa shape index (κ3) is 8.11. The van der Waals surface area contributed by atoms with E-state index in [1.165, 1.54) is 12.4 Å². The topological polar surface area (TPSA) is 148 Å². The van der Waals surface area contributed by atoms with E-state index in [1.807, 2.05) is 12.1 Å². The zero-order chi connectivity index (χ0) is 25.4. The van der Waals surface area contributed by atoms with Gasteiger partial charge in [0, 0.05) is 30.5 Å². The van der Waals surface area contributed by atoms with E-state index in [1.54, 1.807) is 57.2 Å². The van der Waals surface area contributed by atoms with Crippen LogP contribution in [0.4, 0.5) is 16.2 Å². The predicted molar refractivity (Wildman–Crippen MR) is 132 cm³/mol. The second-order valence-electron chi connectivity index (χ2n) is 8.72. The summed E-state index contributed by atoms with van der Waals surface area (Å²) in [5.41, 5.74) is 8.12. The van der Waals surface area contributed by atoms with Crippen LogP contribution in [0.5, 0.6) is 0 Å². The van der Waals surface area contributed by atoms with Crippen molar-refractivity contribution in [2.24, 2.45) is 0 Å². The van der Waals surface area contributed by atoms with Crippen LogP contribution in [0.2, 0.25) is 0 Å². The number of nitrogens with two attached hydrogens (primary N) is 1. The van der Waals surface area contributed by atoms with E-state index in [4.69, 9.17) is 10.5 Å². The van der Waals surface area contributed by atoms with Crippen molar-refractivity contribution in [2.45, 2.75) is 39.5 Å². The first-order valence-electron chi connectivity index (χ1n) is 10.9. The van der Waals surface area contributed by atoms with E-state index >= 15 is 0 Å². The first-order valence-corrected chi connectivity index (χ1v) is 10.9. The average molecular weight is 477 g/mol. The van der Waals surface area contributed by atoms with E-state index in [2.05, 4.69) is 25.9 Å². The van der Waals surface area contributed by atoms with Crippen molar-refractivity contribution in [1.82, 2.24) is 20.6 Å². The minimum Gasteiger partial charge on any atom is -0.444 e. The lowest BCUT2D eigenvalue weighted by atomic mass is 10.2. The Balaban J connectivity index is 1.52. The number of ether oxygens (including phenoxy) is 1. The number of aromatic nitrogens is 2. The molecule has 1 aromatic heterocycles. The van der Waals surface area contributed by atoms with Gasteiger partial charge in [-0.1, -0.05) is 24.3 Å². The highest BCUT2D eigenvalue weighted by Gasteiger charge is 2.16. The lowest BCUT2D eigenvalue weighted by molar-refractivity contribution is 0.0635. The smallest absolute Gasteiger partial charge is 0.412 e. The number of carbonyl (C=O) groups excluding carboxylic acids is 3. The minimum atomic E-state index is -0.591. The van der Waals surface area contributed by atoms with Gasteiger partial charge in [0.25, 0.3) is 11.8 Å². The van der Waals surface area contributed by atoms with E-state index in [-0.39, 0.29) is 17.9 Å². The molecule has 1 heterocycles. The van der Waals surface area contributed by atoms with E-state index in [9.17, 15) is 14.4 Å². The highest BCUT2D eigenvalue weighted by Crippen LogP contribution is 2.13. The number of benzene rings is 2. The van der Waals surface area contributed by atoms with Crippen molar-refractivity contribution in [2.75, 3.05) is 11.1 Å². The largest absolute Gasteiger partial charge is 0.444 e. The molecule has 3 aromatic rings. The Hall–Kier alpha value is -4.47. The van der Waals surface area contributed by atoms with Gasteiger partial charge in [-0.3, -0.25) is 14.9 Å². The fourth-order valence-electron chi connectivity index (χ4n) is 2.91. The number of rotatable bonds is 7. The van der Waals surface area contributed by atoms with Crippen LogP contribution < -0.4 is 21.7 Å². The van der Waals surface area contributed by atoms with E-state index in [0.717, 1.165) is 11.1 Å². The molecule has 0 radical (unpaired) electrons. The molecule has 0 saturated heterocycles. The summed E-state index contributed by atoms with van der Waals surface area (Å²) in [6.45, 7) is 5.88. The molecule has 0 aliphatic heterocycles. The molecule has 0 saturated carbocycles. The normalized spacial score (nSPS) is 10.8. The minimum absolute atomic E-state index is 0.0702. The van der Waals surface area contributed by atoms with Gasteiger partial charge >= 0.3 is 6.09 Å². The standard InChI is InChI=1S/C25H28N6O4/c1-25(2,3)35-24(34)31-19-10-6-17(7-11-19)14-28-23(33)21-12-20(29-15-30-21)22(32)27-13-16-4-8-18(26)9-5-16/h4-12,15H,13-14,26H2,1-3H3,(H,27,32)(H,28,33)(H,31,34). The van der Waals surface area contributed by atoms with Crippen LogP contribution in [0, 0.1) is 0 Å². The summed E-state index contributed by atoms with van der Waals surface area (Å²) in [5.74, 6) is -0.873. The number of nitrogens with zero attached hydrogens (tertiary/aromatic N) is 2. The second-order valence-corrected chi connectivity index (χ2v) is 8.72. The van der Waals surface area contributed by atoms with Crippen LogP contribution in [0.15, 0.2) is 60.9 Å². The number of carbonyl (C=O) groups is 3. The molecule has 0 aliphatic carbocycles. The van der Waals surface area contributed by atoms with Crippen molar-refractivity contribution in [3.63, 3.8) is 0 Å². The van der Waals surface area contributed by atoms with Crippen LogP contribution in [-0.4, -0.2) is 33.5 Å². The van der Waals surface area contributed by atoms with Gasteiger partial charge in [0.15, 0.2) is 0 Å². The van der Waals surface area contributed by atoms with Gasteiger partial charge in [0.2, 0.25) is 0 Å². The van der Waals surface area contributed by atoms with Gasteiger partial charge < -0.3 is 21.1 Å². The van der Waals surface area contributed by atoms with Crippen molar-refractivity contribution in [3.8, 4) is 0 Å². The molecule has 0 fully saturated rings. The Morgan fingerprint density at radius 1 is 0.829 bits per heavy atom. The highest BCUT2D eigenvalue weighted by molar-refractivity contribution is 5.97. The second kappa shape index (κ2) is 11.1. The maximum Gasteiger partial charge on any atom is 0.412 e. The Morgan fingerprint density at radius 3 is 1.80 bits per heavy atom. The summed E-state index contributed by atoms with van der Waals surface area (Å²) in [7, 11) is 0. The quantitative estimate of drug-likeness (QED) is 0.382. The molecular weight excluding hydrogens is 448 g/mol. The van der Waals surface area contributed by atoms with Gasteiger partial charge in [0.1, 0.15) is 23.3 Å². The molecule has 3 amide bonds. The third-order valence-electron chi connectivity index (χ3n) is 4.62. The molecule has 182 valence electrons. The zero-order valence-corrected chi connectivity index (χ0v) is 19.8. The lowest BCUT2D eigenvalue weighted by Gasteiger charge is -2.19. The van der Waals surface area contributed by atoms with E-state index in [0.29, 0.717) is 17.9 Å². The number of anilines is 2. The first-order chi connectivity index (χ1) is 16.6. The van der Waals surface area contributed by atoms with Crippen molar-refractivity contribution in [1.29, 1.82) is 0 Å². The van der Waals surface area contributed by atoms with E-state index < -0.39 is 23.5 Å². The molecule has 5 N–H and O–H groups in total. The monoisotopic (exact) mass is 476 g/mol. The third-order valence-corrected chi connectivity index (χ3v) is 4.62. The molecule has 0 bridgehead atoms. The summed E-state index contributed by atoms with van der Waals surface area (Å²) < 4.78 is 5.22. The number of hydrogen-bond donors (Lipinski definition) is 4. The fourth-order valence-corrected chi connectivity index (χ4v) is 2.91. The summed E-state index contributed by atoms with van der Waals surface area (Å²) in [6, 6.07) is 15.4. The SMILES string of the molecule is CC(C)(C)OC(=O)Nc1ccc(CNC(=O)c2cc(C(=O)NCc3ccc(N)cc3)ncn2)cc1. The van der Waals surface area contributed by atoms with Crippen molar-refractivity contribution < 1.29 is 19.1 Å².